The molecule has 272 valence electrons. The summed E-state index contributed by atoms with van der Waals surface area (Å²) in [5.41, 5.74) is 0. The first-order valence-corrected chi connectivity index (χ1v) is 16.3. The van der Waals surface area contributed by atoms with Crippen LogP contribution < -0.4 is 0 Å². The van der Waals surface area contributed by atoms with Crippen LogP contribution in [0.25, 0.3) is 0 Å². The van der Waals surface area contributed by atoms with Crippen molar-refractivity contribution in [2.24, 2.45) is 0 Å². The molecule has 19 atom stereocenters. The topological polar surface area (TPSA) is 231 Å². The average molecular weight is 683 g/mol. The summed E-state index contributed by atoms with van der Waals surface area (Å²) < 4.78 is 57.5. The van der Waals surface area contributed by atoms with Gasteiger partial charge in [-0.25, -0.2) is 0 Å². The molecule has 5 heterocycles. The van der Waals surface area contributed by atoms with Crippen molar-refractivity contribution in [3.05, 3.63) is 0 Å². The smallest absolute Gasteiger partial charge is 0.187 e. The van der Waals surface area contributed by atoms with E-state index in [-0.39, 0.29) is 25.9 Å². The molecule has 0 aromatic carbocycles. The Morgan fingerprint density at radius 1 is 0.596 bits per heavy atom. The third kappa shape index (κ3) is 8.86. The Bertz CT molecular complexity index is 968. The molecule has 0 bridgehead atoms. The van der Waals surface area contributed by atoms with Crippen LogP contribution in [0.3, 0.4) is 0 Å². The minimum Gasteiger partial charge on any atom is -0.390 e. The first-order chi connectivity index (χ1) is 22.4. The maximum absolute atomic E-state index is 11.9. The zero-order valence-corrected chi connectivity index (χ0v) is 27.0. The first-order valence-electron chi connectivity index (χ1n) is 16.3. The van der Waals surface area contributed by atoms with Crippen LogP contribution >= 0.6 is 0 Å². The molecule has 17 nitrogen and oxygen atoms in total. The Hall–Kier alpha value is -0.970. The van der Waals surface area contributed by atoms with E-state index in [1.165, 1.54) is 7.11 Å². The molecule has 5 aliphatic heterocycles. The van der Waals surface area contributed by atoms with Crippen LogP contribution in [0.4, 0.5) is 0 Å². The van der Waals surface area contributed by atoms with Gasteiger partial charge in [-0.05, 0) is 27.2 Å². The Labute approximate surface area is 272 Å². The van der Waals surface area contributed by atoms with E-state index in [0.717, 1.165) is 0 Å². The molecule has 17 heteroatoms. The van der Waals surface area contributed by atoms with Crippen molar-refractivity contribution in [1.29, 1.82) is 0 Å². The number of aliphatic hydroxyl groups excluding tert-OH is 6. The van der Waals surface area contributed by atoms with E-state index in [0.29, 0.717) is 19.1 Å². The fourth-order valence-corrected chi connectivity index (χ4v) is 6.61. The van der Waals surface area contributed by atoms with Crippen LogP contribution in [0.5, 0.6) is 0 Å². The van der Waals surface area contributed by atoms with E-state index >= 15 is 0 Å². The fourth-order valence-electron chi connectivity index (χ4n) is 6.61. The monoisotopic (exact) mass is 682 g/mol. The van der Waals surface area contributed by atoms with Gasteiger partial charge in [0.15, 0.2) is 37.7 Å². The predicted octanol–water partition coefficient (Wildman–Crippen LogP) is -2.20. The second-order valence-electron chi connectivity index (χ2n) is 12.9. The third-order valence-corrected chi connectivity index (χ3v) is 9.43. The first kappa shape index (κ1) is 37.3. The van der Waals surface area contributed by atoms with E-state index in [4.69, 9.17) is 47.4 Å². The molecule has 0 radical (unpaired) electrons. The van der Waals surface area contributed by atoms with E-state index in [2.05, 4.69) is 0 Å². The maximum atomic E-state index is 11.9. The number of ether oxygens (including phenoxy) is 10. The second-order valence-corrected chi connectivity index (χ2v) is 12.9. The molecule has 0 saturated carbocycles. The molecule has 0 spiro atoms. The van der Waals surface area contributed by atoms with Crippen molar-refractivity contribution in [3.63, 3.8) is 0 Å². The Balaban J connectivity index is 1.07. The number of hydrogen-bond acceptors (Lipinski definition) is 17. The highest BCUT2D eigenvalue weighted by atomic mass is 16.8. The van der Waals surface area contributed by atoms with Crippen molar-refractivity contribution in [1.82, 2.24) is 0 Å². The van der Waals surface area contributed by atoms with Gasteiger partial charge in [-0.15, -0.1) is 0 Å². The largest absolute Gasteiger partial charge is 0.390 e. The fraction of sp³-hybridized carbons (Fsp3) is 0.967. The molecule has 47 heavy (non-hydrogen) atoms. The van der Waals surface area contributed by atoms with Crippen molar-refractivity contribution in [2.75, 3.05) is 13.7 Å². The van der Waals surface area contributed by atoms with Gasteiger partial charge in [0.05, 0.1) is 49.3 Å². The Kier molecular flexibility index (Phi) is 13.0. The molecule has 5 fully saturated rings. The number of carbonyl (C=O) groups excluding carboxylic acids is 1. The number of aliphatic hydroxyl groups is 6. The van der Waals surface area contributed by atoms with Gasteiger partial charge in [-0.3, -0.25) is 0 Å². The molecular weight excluding hydrogens is 632 g/mol. The maximum Gasteiger partial charge on any atom is 0.187 e. The highest BCUT2D eigenvalue weighted by molar-refractivity contribution is 5.57. The minimum atomic E-state index is -1.59. The summed E-state index contributed by atoms with van der Waals surface area (Å²) in [5, 5.41) is 62.9. The van der Waals surface area contributed by atoms with E-state index in [1.54, 1.807) is 20.8 Å². The lowest BCUT2D eigenvalue weighted by molar-refractivity contribution is -0.348. The Morgan fingerprint density at radius 2 is 1.26 bits per heavy atom. The highest BCUT2D eigenvalue weighted by Crippen LogP contribution is 2.33. The third-order valence-electron chi connectivity index (χ3n) is 9.43. The molecule has 5 aliphatic rings. The quantitative estimate of drug-likeness (QED) is 0.134. The molecule has 0 aromatic rings. The summed E-state index contributed by atoms with van der Waals surface area (Å²) >= 11 is 0. The molecular formula is C30H50O17. The van der Waals surface area contributed by atoms with Gasteiger partial charge < -0.3 is 82.8 Å². The van der Waals surface area contributed by atoms with Crippen LogP contribution in [-0.2, 0) is 52.2 Å². The van der Waals surface area contributed by atoms with Gasteiger partial charge in [-0.1, -0.05) is 0 Å². The van der Waals surface area contributed by atoms with Crippen molar-refractivity contribution < 1.29 is 82.8 Å². The molecule has 6 N–H and O–H groups in total. The van der Waals surface area contributed by atoms with Crippen LogP contribution in [-0.4, -0.2) is 168 Å². The lowest BCUT2D eigenvalue weighted by Gasteiger charge is -2.45. The normalized spacial score (nSPS) is 51.4. The lowest BCUT2D eigenvalue weighted by atomic mass is 9.98. The number of carbonyl (C=O) groups is 1. The molecule has 0 aliphatic carbocycles. The van der Waals surface area contributed by atoms with Gasteiger partial charge in [0.1, 0.15) is 42.7 Å². The van der Waals surface area contributed by atoms with Crippen molar-refractivity contribution >= 4 is 6.29 Å². The van der Waals surface area contributed by atoms with Gasteiger partial charge in [0.2, 0.25) is 0 Å². The number of hydrogen-bond donors (Lipinski definition) is 6. The predicted molar refractivity (Wildman–Crippen MR) is 153 cm³/mol. The van der Waals surface area contributed by atoms with Crippen LogP contribution in [0.15, 0.2) is 0 Å². The Morgan fingerprint density at radius 3 is 1.89 bits per heavy atom. The van der Waals surface area contributed by atoms with Gasteiger partial charge in [0, 0.05) is 32.8 Å². The van der Waals surface area contributed by atoms with Gasteiger partial charge in [0.25, 0.3) is 0 Å². The zero-order chi connectivity index (χ0) is 34.0. The van der Waals surface area contributed by atoms with Crippen LogP contribution in [0.1, 0.15) is 52.9 Å². The van der Waals surface area contributed by atoms with Gasteiger partial charge in [-0.2, -0.15) is 0 Å². The molecule has 5 saturated heterocycles. The van der Waals surface area contributed by atoms with Crippen LogP contribution in [0, 0.1) is 0 Å². The zero-order valence-electron chi connectivity index (χ0n) is 27.0. The molecule has 5 rings (SSSR count). The molecule has 0 amide bonds. The summed E-state index contributed by atoms with van der Waals surface area (Å²) in [7, 11) is 1.50. The number of methoxy groups -OCH3 is 1. The van der Waals surface area contributed by atoms with E-state index in [9.17, 15) is 35.4 Å². The summed E-state index contributed by atoms with van der Waals surface area (Å²) in [6.07, 6.45) is -16.5. The van der Waals surface area contributed by atoms with Crippen molar-refractivity contribution in [3.8, 4) is 0 Å². The second kappa shape index (κ2) is 16.4. The molecule has 0 aromatic heterocycles. The summed E-state index contributed by atoms with van der Waals surface area (Å²) in [6, 6.07) is 0. The summed E-state index contributed by atoms with van der Waals surface area (Å²) in [6.45, 7) is 5.08. The van der Waals surface area contributed by atoms with Gasteiger partial charge >= 0.3 is 0 Å². The number of aldehydes is 1. The average Bonchev–Trinajstić information content (AvgIpc) is 3.03. The number of rotatable bonds is 10. The van der Waals surface area contributed by atoms with E-state index < -0.39 is 117 Å². The highest BCUT2D eigenvalue weighted by Gasteiger charge is 2.50. The SMILES string of the molecule is CO[C@@H]1C[C@@H](O)[C@H](O[C@H]2C[C@@H](O)[C@H](O[C@@H]3CC[C@H](O[C@@H]4O[C@@H](C=O)[C@@H](O[C@@H]5C[C@@H](O)[C@H](O)[C@H](C)O5)[C@H](O)C4O)[C@H](C)O3)CO2)C(C)O1. The molecule has 2 unspecified atom stereocenters. The summed E-state index contributed by atoms with van der Waals surface area (Å²) in [4.78, 5) is 11.9. The standard InChI is InChI=1S/C30H50O17/c1-12-18(44-30-27(37)26(36)29(19(10-31)45-30)47-24-8-16(33)25(35)13(2)41-24)5-6-21(40-12)43-20-11-39-23(7-15(20)32)46-28-14(3)42-22(38-4)9-17(28)34/h10,12-30,32-37H,5-9,11H2,1-4H3/t12-,13-,14?,15+,16+,17+,18-,19-,20+,21+,22-,23-,24+,25+,26+,27?,28+,29+,30+/m0/s1. The lowest BCUT2D eigenvalue weighted by Crippen LogP contribution is -2.62. The van der Waals surface area contributed by atoms with Crippen LogP contribution in [0.2, 0.25) is 0 Å². The minimum absolute atomic E-state index is 0.0272. The summed E-state index contributed by atoms with van der Waals surface area (Å²) in [5.74, 6) is 0. The van der Waals surface area contributed by atoms with E-state index in [1.807, 2.05) is 0 Å². The van der Waals surface area contributed by atoms with Crippen molar-refractivity contribution in [2.45, 2.75) is 170 Å².